The lowest BCUT2D eigenvalue weighted by Gasteiger charge is -2.32. The van der Waals surface area contributed by atoms with Gasteiger partial charge >= 0.3 is 0 Å². The van der Waals surface area contributed by atoms with Gasteiger partial charge in [-0.2, -0.15) is 0 Å². The van der Waals surface area contributed by atoms with Gasteiger partial charge in [0.1, 0.15) is 6.79 Å². The van der Waals surface area contributed by atoms with E-state index in [1.165, 1.54) is 0 Å². The van der Waals surface area contributed by atoms with E-state index >= 15 is 0 Å². The van der Waals surface area contributed by atoms with E-state index < -0.39 is 5.54 Å². The average molecular weight is 219 g/mol. The molecule has 1 aliphatic heterocycles. The first-order valence-electron chi connectivity index (χ1n) is 5.42. The molecule has 1 atom stereocenters. The van der Waals surface area contributed by atoms with E-state index in [0.29, 0.717) is 26.4 Å². The standard InChI is InChI=1S/C10H21NO4/c1-2-10(6-12,7-13)11-5-9-3-4-14-8-15-9/h9,11-13H,2-8H2,1H3. The number of rotatable bonds is 6. The molecule has 90 valence electrons. The van der Waals surface area contributed by atoms with Gasteiger partial charge < -0.3 is 25.0 Å². The molecule has 0 spiro atoms. The van der Waals surface area contributed by atoms with Crippen molar-refractivity contribution in [3.63, 3.8) is 0 Å². The van der Waals surface area contributed by atoms with Crippen molar-refractivity contribution in [2.45, 2.75) is 31.4 Å². The summed E-state index contributed by atoms with van der Waals surface area (Å²) in [6.07, 6.45) is 1.65. The molecule has 5 nitrogen and oxygen atoms in total. The lowest BCUT2D eigenvalue weighted by molar-refractivity contribution is -0.139. The SMILES string of the molecule is CCC(CO)(CO)NCC1CCOCO1. The molecule has 0 bridgehead atoms. The minimum Gasteiger partial charge on any atom is -0.394 e. The topological polar surface area (TPSA) is 71.0 Å². The second-order valence-corrected chi connectivity index (χ2v) is 3.93. The minimum absolute atomic E-state index is 0.0663. The first kappa shape index (κ1) is 12.9. The number of ether oxygens (including phenoxy) is 2. The van der Waals surface area contributed by atoms with Gasteiger partial charge in [0.15, 0.2) is 0 Å². The van der Waals surface area contributed by atoms with Gasteiger partial charge in [0.25, 0.3) is 0 Å². The summed E-state index contributed by atoms with van der Waals surface area (Å²) in [5.41, 5.74) is -0.582. The largest absolute Gasteiger partial charge is 0.394 e. The normalized spacial score (nSPS) is 23.0. The maximum Gasteiger partial charge on any atom is 0.147 e. The Bertz CT molecular complexity index is 159. The summed E-state index contributed by atoms with van der Waals surface area (Å²) in [5.74, 6) is 0. The van der Waals surface area contributed by atoms with Crippen molar-refractivity contribution in [1.29, 1.82) is 0 Å². The highest BCUT2D eigenvalue weighted by Crippen LogP contribution is 2.11. The summed E-state index contributed by atoms with van der Waals surface area (Å²) in [7, 11) is 0. The van der Waals surface area contributed by atoms with Crippen molar-refractivity contribution in [3.8, 4) is 0 Å². The molecule has 1 rings (SSSR count). The Hall–Kier alpha value is -0.200. The van der Waals surface area contributed by atoms with Crippen LogP contribution in [0.25, 0.3) is 0 Å². The molecule has 0 aromatic heterocycles. The fourth-order valence-corrected chi connectivity index (χ4v) is 1.50. The van der Waals surface area contributed by atoms with Crippen molar-refractivity contribution in [2.24, 2.45) is 0 Å². The molecule has 1 aliphatic rings. The zero-order valence-electron chi connectivity index (χ0n) is 9.24. The summed E-state index contributed by atoms with van der Waals surface area (Å²) < 4.78 is 10.4. The number of aliphatic hydroxyl groups excluding tert-OH is 2. The molecule has 1 fully saturated rings. The molecule has 0 aliphatic carbocycles. The van der Waals surface area contributed by atoms with Crippen LogP contribution in [0.5, 0.6) is 0 Å². The maximum atomic E-state index is 9.22. The summed E-state index contributed by atoms with van der Waals surface area (Å²) >= 11 is 0. The third-order valence-electron chi connectivity index (χ3n) is 2.96. The third kappa shape index (κ3) is 3.70. The molecule has 1 heterocycles. The Balaban J connectivity index is 2.31. The monoisotopic (exact) mass is 219 g/mol. The van der Waals surface area contributed by atoms with Crippen LogP contribution >= 0.6 is 0 Å². The summed E-state index contributed by atoms with van der Waals surface area (Å²) in [6, 6.07) is 0. The highest BCUT2D eigenvalue weighted by molar-refractivity contribution is 4.86. The zero-order valence-corrected chi connectivity index (χ0v) is 9.24. The van der Waals surface area contributed by atoms with E-state index in [2.05, 4.69) is 5.32 Å². The van der Waals surface area contributed by atoms with Crippen LogP contribution in [0.2, 0.25) is 0 Å². The summed E-state index contributed by atoms with van der Waals surface area (Å²) in [6.45, 7) is 3.49. The van der Waals surface area contributed by atoms with Crippen LogP contribution in [0.3, 0.4) is 0 Å². The van der Waals surface area contributed by atoms with Gasteiger partial charge in [-0.15, -0.1) is 0 Å². The number of nitrogens with one attached hydrogen (secondary N) is 1. The van der Waals surface area contributed by atoms with Gasteiger partial charge in [-0.1, -0.05) is 6.92 Å². The number of hydrogen-bond donors (Lipinski definition) is 3. The van der Waals surface area contributed by atoms with Gasteiger partial charge in [-0.3, -0.25) is 0 Å². The maximum absolute atomic E-state index is 9.22. The Morgan fingerprint density at radius 1 is 1.40 bits per heavy atom. The molecule has 0 radical (unpaired) electrons. The first-order chi connectivity index (χ1) is 7.26. The fraction of sp³-hybridized carbons (Fsp3) is 1.00. The summed E-state index contributed by atoms with van der Waals surface area (Å²) in [5, 5.41) is 21.6. The van der Waals surface area contributed by atoms with Crippen LogP contribution in [-0.2, 0) is 9.47 Å². The van der Waals surface area contributed by atoms with Gasteiger partial charge in [-0.05, 0) is 12.8 Å². The van der Waals surface area contributed by atoms with Crippen molar-refractivity contribution in [1.82, 2.24) is 5.32 Å². The Kier molecular flexibility index (Phi) is 5.49. The highest BCUT2D eigenvalue weighted by Gasteiger charge is 2.27. The second kappa shape index (κ2) is 6.40. The molecule has 0 aromatic rings. The number of aliphatic hydroxyl groups is 2. The Morgan fingerprint density at radius 3 is 2.60 bits per heavy atom. The fourth-order valence-electron chi connectivity index (χ4n) is 1.50. The van der Waals surface area contributed by atoms with Crippen LogP contribution in [0, 0.1) is 0 Å². The minimum atomic E-state index is -0.582. The van der Waals surface area contributed by atoms with E-state index in [9.17, 15) is 10.2 Å². The second-order valence-electron chi connectivity index (χ2n) is 3.93. The lowest BCUT2D eigenvalue weighted by Crippen LogP contribution is -2.54. The van der Waals surface area contributed by atoms with Gasteiger partial charge in [-0.25, -0.2) is 0 Å². The smallest absolute Gasteiger partial charge is 0.147 e. The Labute approximate surface area is 90.4 Å². The van der Waals surface area contributed by atoms with Crippen LogP contribution in [-0.4, -0.2) is 55.0 Å². The molecule has 0 amide bonds. The zero-order chi connectivity index (χ0) is 11.1. The van der Waals surface area contributed by atoms with Gasteiger partial charge in [0.2, 0.25) is 0 Å². The van der Waals surface area contributed by atoms with Gasteiger partial charge in [0.05, 0.1) is 31.5 Å². The van der Waals surface area contributed by atoms with Crippen molar-refractivity contribution in [3.05, 3.63) is 0 Å². The molecular weight excluding hydrogens is 198 g/mol. The molecule has 0 saturated carbocycles. The molecule has 1 unspecified atom stereocenters. The molecule has 5 heteroatoms. The lowest BCUT2D eigenvalue weighted by atomic mass is 9.98. The van der Waals surface area contributed by atoms with E-state index in [-0.39, 0.29) is 19.3 Å². The van der Waals surface area contributed by atoms with Gasteiger partial charge in [0, 0.05) is 6.54 Å². The predicted octanol–water partition coefficient (Wildman–Crippen LogP) is -0.528. The Morgan fingerprint density at radius 2 is 2.13 bits per heavy atom. The van der Waals surface area contributed by atoms with Crippen LogP contribution in [0.15, 0.2) is 0 Å². The quantitative estimate of drug-likeness (QED) is 0.560. The molecule has 0 aromatic carbocycles. The van der Waals surface area contributed by atoms with E-state index in [1.807, 2.05) is 6.92 Å². The molecular formula is C10H21NO4. The molecule has 3 N–H and O–H groups in total. The number of hydrogen-bond acceptors (Lipinski definition) is 5. The molecule has 1 saturated heterocycles. The van der Waals surface area contributed by atoms with E-state index in [1.54, 1.807) is 0 Å². The van der Waals surface area contributed by atoms with Crippen molar-refractivity contribution < 1.29 is 19.7 Å². The van der Waals surface area contributed by atoms with Crippen LogP contribution < -0.4 is 5.32 Å². The van der Waals surface area contributed by atoms with Crippen LogP contribution in [0.1, 0.15) is 19.8 Å². The summed E-state index contributed by atoms with van der Waals surface area (Å²) in [4.78, 5) is 0. The average Bonchev–Trinajstić information content (AvgIpc) is 2.33. The van der Waals surface area contributed by atoms with E-state index in [4.69, 9.17) is 9.47 Å². The van der Waals surface area contributed by atoms with Crippen LogP contribution in [0.4, 0.5) is 0 Å². The molecule has 15 heavy (non-hydrogen) atoms. The predicted molar refractivity (Wildman–Crippen MR) is 55.5 cm³/mol. The van der Waals surface area contributed by atoms with Crippen molar-refractivity contribution >= 4 is 0 Å². The third-order valence-corrected chi connectivity index (χ3v) is 2.96. The first-order valence-corrected chi connectivity index (χ1v) is 5.42. The van der Waals surface area contributed by atoms with E-state index in [0.717, 1.165) is 6.42 Å². The highest BCUT2D eigenvalue weighted by atomic mass is 16.7. The van der Waals surface area contributed by atoms with Crippen molar-refractivity contribution in [2.75, 3.05) is 33.2 Å².